The number of nitrogens with zero attached hydrogens (tertiary/aromatic N) is 1. The zero-order valence-electron chi connectivity index (χ0n) is 15.0. The van der Waals surface area contributed by atoms with Crippen LogP contribution in [0.5, 0.6) is 5.75 Å². The number of rotatable bonds is 7. The average molecular weight is 405 g/mol. The second-order valence-corrected chi connectivity index (χ2v) is 7.13. The number of hydrogen-bond acceptors (Lipinski definition) is 3. The van der Waals surface area contributed by atoms with E-state index >= 15 is 0 Å². The van der Waals surface area contributed by atoms with E-state index in [4.69, 9.17) is 22.1 Å². The summed E-state index contributed by atoms with van der Waals surface area (Å²) in [5, 5.41) is 0.296. The van der Waals surface area contributed by atoms with Crippen molar-refractivity contribution < 1.29 is 22.3 Å². The summed E-state index contributed by atoms with van der Waals surface area (Å²) in [6.45, 7) is 1.64. The molecule has 0 spiro atoms. The van der Waals surface area contributed by atoms with Crippen molar-refractivity contribution in [3.63, 3.8) is 0 Å². The molecule has 2 N–H and O–H groups in total. The molecule has 0 aliphatic rings. The van der Waals surface area contributed by atoms with Gasteiger partial charge in [-0.15, -0.1) is 0 Å². The minimum Gasteiger partial charge on any atom is -0.496 e. The normalized spacial score (nSPS) is 15.3. The maximum Gasteiger partial charge on any atom is 0.403 e. The molecule has 2 atom stereocenters. The van der Waals surface area contributed by atoms with Gasteiger partial charge >= 0.3 is 6.18 Å². The fourth-order valence-corrected chi connectivity index (χ4v) is 3.31. The van der Waals surface area contributed by atoms with Gasteiger partial charge in [-0.3, -0.25) is 0 Å². The highest BCUT2D eigenvalue weighted by atomic mass is 35.5. The molecule has 0 aliphatic carbocycles. The lowest BCUT2D eigenvalue weighted by Gasteiger charge is -2.34. The van der Waals surface area contributed by atoms with Gasteiger partial charge in [0.05, 0.1) is 7.11 Å². The number of pyridine rings is 1. The predicted octanol–water partition coefficient (Wildman–Crippen LogP) is 5.05. The molecule has 1 aromatic heterocycles. The molecular weight excluding hydrogens is 384 g/mol. The summed E-state index contributed by atoms with van der Waals surface area (Å²) in [5.41, 5.74) is 5.50. The van der Waals surface area contributed by atoms with E-state index in [0.29, 0.717) is 22.9 Å². The molecule has 1 aromatic carbocycles. The predicted molar refractivity (Wildman–Crippen MR) is 96.5 cm³/mol. The van der Waals surface area contributed by atoms with E-state index in [9.17, 15) is 17.6 Å². The number of hydrogen-bond donors (Lipinski definition) is 1. The van der Waals surface area contributed by atoms with Crippen LogP contribution in [-0.4, -0.2) is 24.3 Å². The van der Waals surface area contributed by atoms with Crippen molar-refractivity contribution in [2.75, 3.05) is 7.11 Å². The van der Waals surface area contributed by atoms with Gasteiger partial charge in [-0.1, -0.05) is 18.5 Å². The van der Waals surface area contributed by atoms with E-state index in [1.54, 1.807) is 19.1 Å². The molecule has 3 nitrogen and oxygen atoms in total. The fourth-order valence-electron chi connectivity index (χ4n) is 3.12. The molecule has 0 amide bonds. The second-order valence-electron chi connectivity index (χ2n) is 6.74. The highest BCUT2D eigenvalue weighted by Gasteiger charge is 2.43. The summed E-state index contributed by atoms with van der Waals surface area (Å²) in [5.74, 6) is -0.231. The van der Waals surface area contributed by atoms with Crippen LogP contribution in [0.25, 0.3) is 0 Å². The van der Waals surface area contributed by atoms with Crippen molar-refractivity contribution in [1.82, 2.24) is 4.98 Å². The molecule has 0 saturated heterocycles. The lowest BCUT2D eigenvalue weighted by Crippen LogP contribution is -2.43. The van der Waals surface area contributed by atoms with Crippen molar-refractivity contribution in [3.05, 3.63) is 58.6 Å². The Labute approximate surface area is 160 Å². The summed E-state index contributed by atoms with van der Waals surface area (Å²) in [4.78, 5) is 3.89. The first-order valence-corrected chi connectivity index (χ1v) is 8.70. The van der Waals surface area contributed by atoms with Crippen LogP contribution >= 0.6 is 11.6 Å². The van der Waals surface area contributed by atoms with Gasteiger partial charge in [0.2, 0.25) is 0 Å². The zero-order chi connectivity index (χ0) is 20.2. The van der Waals surface area contributed by atoms with Gasteiger partial charge in [-0.2, -0.15) is 13.2 Å². The Balaban J connectivity index is 2.40. The third-order valence-electron chi connectivity index (χ3n) is 4.66. The SMILES string of the molecule is COc1ccc(F)cc1C(C)(CCc1ccnc(Cl)c1)CC(N)C(F)(F)F. The first-order valence-electron chi connectivity index (χ1n) is 8.32. The van der Waals surface area contributed by atoms with Gasteiger partial charge in [0.25, 0.3) is 0 Å². The van der Waals surface area contributed by atoms with E-state index in [-0.39, 0.29) is 6.42 Å². The molecule has 0 fully saturated rings. The number of ether oxygens (including phenoxy) is 1. The largest absolute Gasteiger partial charge is 0.496 e. The summed E-state index contributed by atoms with van der Waals surface area (Å²) >= 11 is 5.88. The second kappa shape index (κ2) is 8.44. The minimum absolute atomic E-state index is 0.289. The highest BCUT2D eigenvalue weighted by Crippen LogP contribution is 2.41. The number of nitrogens with two attached hydrogens (primary N) is 1. The molecule has 8 heteroatoms. The smallest absolute Gasteiger partial charge is 0.403 e. The van der Waals surface area contributed by atoms with Gasteiger partial charge in [0.1, 0.15) is 22.8 Å². The van der Waals surface area contributed by atoms with Crippen molar-refractivity contribution >= 4 is 11.6 Å². The number of benzene rings is 1. The van der Waals surface area contributed by atoms with Crippen molar-refractivity contribution in [3.8, 4) is 5.75 Å². The van der Waals surface area contributed by atoms with E-state index in [1.165, 1.54) is 31.5 Å². The molecule has 0 radical (unpaired) electrons. The summed E-state index contributed by atoms with van der Waals surface area (Å²) in [6.07, 6.45) is -2.73. The lowest BCUT2D eigenvalue weighted by molar-refractivity contribution is -0.152. The Morgan fingerprint density at radius 1 is 1.22 bits per heavy atom. The summed E-state index contributed by atoms with van der Waals surface area (Å²) in [7, 11) is 1.39. The van der Waals surface area contributed by atoms with Gasteiger partial charge in [-0.25, -0.2) is 9.37 Å². The van der Waals surface area contributed by atoms with Gasteiger partial charge in [-0.05, 0) is 60.6 Å². The van der Waals surface area contributed by atoms with Crippen molar-refractivity contribution in [1.29, 1.82) is 0 Å². The third kappa shape index (κ3) is 5.56. The summed E-state index contributed by atoms with van der Waals surface area (Å²) < 4.78 is 58.5. The van der Waals surface area contributed by atoms with E-state index in [0.717, 1.165) is 5.56 Å². The molecule has 2 unspecified atom stereocenters. The molecule has 2 rings (SSSR count). The molecule has 2 aromatic rings. The Morgan fingerprint density at radius 2 is 1.93 bits per heavy atom. The van der Waals surface area contributed by atoms with Gasteiger partial charge in [0.15, 0.2) is 0 Å². The molecular formula is C19H21ClF4N2O. The standard InChI is InChI=1S/C19H21ClF4N2O/c1-18(11-16(25)19(22,23)24,7-5-12-6-8-26-17(20)9-12)14-10-13(21)3-4-15(14)27-2/h3-4,6,8-10,16H,5,7,11,25H2,1-2H3. The van der Waals surface area contributed by atoms with Crippen LogP contribution in [0, 0.1) is 5.82 Å². The van der Waals surface area contributed by atoms with Crippen molar-refractivity contribution in [2.24, 2.45) is 5.73 Å². The van der Waals surface area contributed by atoms with Crippen LogP contribution in [0.4, 0.5) is 17.6 Å². The van der Waals surface area contributed by atoms with E-state index in [1.807, 2.05) is 0 Å². The van der Waals surface area contributed by atoms with Crippen molar-refractivity contribution in [2.45, 2.75) is 43.8 Å². The Bertz CT molecular complexity index is 785. The number of aromatic nitrogens is 1. The van der Waals surface area contributed by atoms with Crippen LogP contribution in [-0.2, 0) is 11.8 Å². The van der Waals surface area contributed by atoms with Crippen LogP contribution in [0.15, 0.2) is 36.5 Å². The third-order valence-corrected chi connectivity index (χ3v) is 4.87. The molecule has 0 bridgehead atoms. The number of aryl methyl sites for hydroxylation is 1. The van der Waals surface area contributed by atoms with E-state index in [2.05, 4.69) is 4.98 Å². The average Bonchev–Trinajstić information content (AvgIpc) is 2.59. The fraction of sp³-hybridized carbons (Fsp3) is 0.421. The lowest BCUT2D eigenvalue weighted by atomic mass is 9.73. The molecule has 0 aliphatic heterocycles. The Morgan fingerprint density at radius 3 is 2.52 bits per heavy atom. The Hall–Kier alpha value is -1.86. The molecule has 0 saturated carbocycles. The number of alkyl halides is 3. The monoisotopic (exact) mass is 404 g/mol. The highest BCUT2D eigenvalue weighted by molar-refractivity contribution is 6.29. The maximum absolute atomic E-state index is 13.9. The first kappa shape index (κ1) is 21.4. The van der Waals surface area contributed by atoms with Gasteiger partial charge < -0.3 is 10.5 Å². The van der Waals surface area contributed by atoms with E-state index < -0.39 is 29.9 Å². The van der Waals surface area contributed by atoms with Crippen LogP contribution < -0.4 is 10.5 Å². The summed E-state index contributed by atoms with van der Waals surface area (Å²) in [6, 6.07) is 5.16. The molecule has 27 heavy (non-hydrogen) atoms. The number of methoxy groups -OCH3 is 1. The number of halogens is 5. The minimum atomic E-state index is -4.55. The zero-order valence-corrected chi connectivity index (χ0v) is 15.7. The van der Waals surface area contributed by atoms with Gasteiger partial charge in [0, 0.05) is 11.8 Å². The van der Waals surface area contributed by atoms with Crippen LogP contribution in [0.2, 0.25) is 5.15 Å². The molecule has 1 heterocycles. The van der Waals surface area contributed by atoms with Crippen LogP contribution in [0.1, 0.15) is 30.9 Å². The maximum atomic E-state index is 13.9. The quantitative estimate of drug-likeness (QED) is 0.518. The first-order chi connectivity index (χ1) is 12.5. The Kier molecular flexibility index (Phi) is 6.70. The topological polar surface area (TPSA) is 48.1 Å². The molecule has 148 valence electrons. The van der Waals surface area contributed by atoms with Crippen LogP contribution in [0.3, 0.4) is 0 Å².